The number of aromatic nitrogens is 2. The summed E-state index contributed by atoms with van der Waals surface area (Å²) in [5.41, 5.74) is -0.833. The standard InChI is InChI=1S/C11H18N4O2/c1-7-13-8(12-4)6-9(14-7)15-11(2,3)10(16)17-5/h6H,1-5H3,(H2,12,13,14,15). The first kappa shape index (κ1) is 13.2. The molecule has 0 unspecified atom stereocenters. The van der Waals surface area contributed by atoms with Crippen LogP contribution in [0, 0.1) is 6.92 Å². The molecule has 1 aromatic rings. The number of esters is 1. The van der Waals surface area contributed by atoms with Gasteiger partial charge in [-0.1, -0.05) is 0 Å². The summed E-state index contributed by atoms with van der Waals surface area (Å²) in [7, 11) is 3.13. The highest BCUT2D eigenvalue weighted by molar-refractivity contribution is 5.83. The normalized spacial score (nSPS) is 10.9. The first-order valence-electron chi connectivity index (χ1n) is 5.29. The van der Waals surface area contributed by atoms with Crippen LogP contribution >= 0.6 is 0 Å². The molecule has 94 valence electrons. The topological polar surface area (TPSA) is 76.1 Å². The monoisotopic (exact) mass is 238 g/mol. The number of carbonyl (C=O) groups is 1. The Labute approximate surface area is 101 Å². The van der Waals surface area contributed by atoms with E-state index in [1.54, 1.807) is 33.9 Å². The lowest BCUT2D eigenvalue weighted by Gasteiger charge is -2.23. The van der Waals surface area contributed by atoms with Crippen LogP contribution in [0.5, 0.6) is 0 Å². The molecule has 0 aliphatic carbocycles. The Bertz CT molecular complexity index is 418. The zero-order chi connectivity index (χ0) is 13.1. The van der Waals surface area contributed by atoms with Crippen LogP contribution in [-0.2, 0) is 9.53 Å². The number of rotatable bonds is 4. The lowest BCUT2D eigenvalue weighted by Crippen LogP contribution is -2.41. The number of methoxy groups -OCH3 is 1. The minimum absolute atomic E-state index is 0.347. The van der Waals surface area contributed by atoms with E-state index >= 15 is 0 Å². The van der Waals surface area contributed by atoms with Gasteiger partial charge in [0.1, 0.15) is 23.0 Å². The number of hydrogen-bond donors (Lipinski definition) is 2. The quantitative estimate of drug-likeness (QED) is 0.767. The summed E-state index contributed by atoms with van der Waals surface area (Å²) < 4.78 is 4.71. The number of carbonyl (C=O) groups excluding carboxylic acids is 1. The van der Waals surface area contributed by atoms with Gasteiger partial charge >= 0.3 is 5.97 Å². The van der Waals surface area contributed by atoms with Crippen molar-refractivity contribution in [3.8, 4) is 0 Å². The molecule has 0 amide bonds. The third-order valence-corrected chi connectivity index (χ3v) is 2.23. The third kappa shape index (κ3) is 3.30. The van der Waals surface area contributed by atoms with Gasteiger partial charge in [0.2, 0.25) is 0 Å². The van der Waals surface area contributed by atoms with E-state index in [4.69, 9.17) is 4.74 Å². The van der Waals surface area contributed by atoms with Gasteiger partial charge in [0.05, 0.1) is 7.11 Å². The molecule has 0 fully saturated rings. The van der Waals surface area contributed by atoms with Crippen molar-refractivity contribution in [2.75, 3.05) is 24.8 Å². The Balaban J connectivity index is 2.95. The number of hydrogen-bond acceptors (Lipinski definition) is 6. The molecule has 1 rings (SSSR count). The molecule has 1 aromatic heterocycles. The molecule has 17 heavy (non-hydrogen) atoms. The number of nitrogens with zero attached hydrogens (tertiary/aromatic N) is 2. The maximum Gasteiger partial charge on any atom is 0.330 e. The Morgan fingerprint density at radius 3 is 2.47 bits per heavy atom. The Morgan fingerprint density at radius 1 is 1.35 bits per heavy atom. The minimum atomic E-state index is -0.833. The fourth-order valence-electron chi connectivity index (χ4n) is 1.39. The van der Waals surface area contributed by atoms with E-state index in [9.17, 15) is 4.79 Å². The van der Waals surface area contributed by atoms with Crippen LogP contribution in [-0.4, -0.2) is 35.6 Å². The summed E-state index contributed by atoms with van der Waals surface area (Å²) in [6.07, 6.45) is 0. The average molecular weight is 238 g/mol. The average Bonchev–Trinajstić information content (AvgIpc) is 2.26. The number of ether oxygens (including phenoxy) is 1. The van der Waals surface area contributed by atoms with Crippen molar-refractivity contribution in [2.24, 2.45) is 0 Å². The van der Waals surface area contributed by atoms with Crippen LogP contribution < -0.4 is 10.6 Å². The Morgan fingerprint density at radius 2 is 1.94 bits per heavy atom. The van der Waals surface area contributed by atoms with Gasteiger partial charge in [-0.3, -0.25) is 0 Å². The van der Waals surface area contributed by atoms with E-state index in [0.29, 0.717) is 17.5 Å². The van der Waals surface area contributed by atoms with E-state index in [1.807, 2.05) is 0 Å². The lowest BCUT2D eigenvalue weighted by molar-refractivity contribution is -0.144. The van der Waals surface area contributed by atoms with Crippen LogP contribution in [0.4, 0.5) is 11.6 Å². The SMILES string of the molecule is CNc1cc(NC(C)(C)C(=O)OC)nc(C)n1. The fourth-order valence-corrected chi connectivity index (χ4v) is 1.39. The first-order valence-corrected chi connectivity index (χ1v) is 5.29. The summed E-state index contributed by atoms with van der Waals surface area (Å²) >= 11 is 0. The van der Waals surface area contributed by atoms with Gasteiger partial charge in [-0.25, -0.2) is 14.8 Å². The van der Waals surface area contributed by atoms with Crippen molar-refractivity contribution in [2.45, 2.75) is 26.3 Å². The molecule has 0 bridgehead atoms. The maximum atomic E-state index is 11.5. The van der Waals surface area contributed by atoms with Crippen molar-refractivity contribution in [1.29, 1.82) is 0 Å². The highest BCUT2D eigenvalue weighted by Gasteiger charge is 2.28. The molecule has 0 radical (unpaired) electrons. The number of nitrogens with one attached hydrogen (secondary N) is 2. The van der Waals surface area contributed by atoms with Crippen LogP contribution in [0.15, 0.2) is 6.07 Å². The second kappa shape index (κ2) is 4.99. The van der Waals surface area contributed by atoms with Crippen molar-refractivity contribution < 1.29 is 9.53 Å². The van der Waals surface area contributed by atoms with Gasteiger partial charge in [-0.15, -0.1) is 0 Å². The lowest BCUT2D eigenvalue weighted by atomic mass is 10.1. The molecule has 0 saturated carbocycles. The smallest absolute Gasteiger partial charge is 0.330 e. The van der Waals surface area contributed by atoms with Gasteiger partial charge < -0.3 is 15.4 Å². The predicted octanol–water partition coefficient (Wildman–Crippen LogP) is 1.19. The Hall–Kier alpha value is -1.85. The number of anilines is 2. The summed E-state index contributed by atoms with van der Waals surface area (Å²) in [4.78, 5) is 19.9. The highest BCUT2D eigenvalue weighted by atomic mass is 16.5. The Kier molecular flexibility index (Phi) is 3.88. The van der Waals surface area contributed by atoms with Crippen LogP contribution in [0.1, 0.15) is 19.7 Å². The fraction of sp³-hybridized carbons (Fsp3) is 0.545. The minimum Gasteiger partial charge on any atom is -0.467 e. The number of aryl methyl sites for hydroxylation is 1. The van der Waals surface area contributed by atoms with E-state index in [-0.39, 0.29) is 5.97 Å². The predicted molar refractivity (Wildman–Crippen MR) is 66.0 cm³/mol. The summed E-state index contributed by atoms with van der Waals surface area (Å²) in [5, 5.41) is 5.95. The molecule has 0 saturated heterocycles. The first-order chi connectivity index (χ1) is 7.89. The van der Waals surface area contributed by atoms with Crippen molar-refractivity contribution in [3.05, 3.63) is 11.9 Å². The molecule has 0 aliphatic heterocycles. The molecule has 1 heterocycles. The highest BCUT2D eigenvalue weighted by Crippen LogP contribution is 2.17. The van der Waals surface area contributed by atoms with Gasteiger partial charge in [0, 0.05) is 13.1 Å². The maximum absolute atomic E-state index is 11.5. The molecule has 0 atom stereocenters. The second-order valence-electron chi connectivity index (χ2n) is 4.18. The van der Waals surface area contributed by atoms with Crippen LogP contribution in [0.3, 0.4) is 0 Å². The van der Waals surface area contributed by atoms with Gasteiger partial charge in [0.25, 0.3) is 0 Å². The summed E-state index contributed by atoms with van der Waals surface area (Å²) in [5.74, 6) is 1.55. The van der Waals surface area contributed by atoms with Crippen molar-refractivity contribution in [3.63, 3.8) is 0 Å². The van der Waals surface area contributed by atoms with Crippen molar-refractivity contribution >= 4 is 17.6 Å². The van der Waals surface area contributed by atoms with Gasteiger partial charge in [-0.2, -0.15) is 0 Å². The second-order valence-corrected chi connectivity index (χ2v) is 4.18. The molecule has 0 spiro atoms. The van der Waals surface area contributed by atoms with Gasteiger partial charge in [0.15, 0.2) is 0 Å². The third-order valence-electron chi connectivity index (χ3n) is 2.23. The van der Waals surface area contributed by atoms with E-state index in [0.717, 1.165) is 0 Å². The zero-order valence-corrected chi connectivity index (χ0v) is 10.8. The van der Waals surface area contributed by atoms with Gasteiger partial charge in [-0.05, 0) is 20.8 Å². The van der Waals surface area contributed by atoms with Crippen LogP contribution in [0.2, 0.25) is 0 Å². The van der Waals surface area contributed by atoms with Crippen molar-refractivity contribution in [1.82, 2.24) is 9.97 Å². The van der Waals surface area contributed by atoms with E-state index in [2.05, 4.69) is 20.6 Å². The molecular weight excluding hydrogens is 220 g/mol. The molecular formula is C11H18N4O2. The molecule has 2 N–H and O–H groups in total. The molecule has 6 heteroatoms. The largest absolute Gasteiger partial charge is 0.467 e. The summed E-state index contributed by atoms with van der Waals surface area (Å²) in [6.45, 7) is 5.25. The zero-order valence-electron chi connectivity index (χ0n) is 10.8. The molecule has 0 aliphatic rings. The molecule has 6 nitrogen and oxygen atoms in total. The van der Waals surface area contributed by atoms with E-state index in [1.165, 1.54) is 7.11 Å². The molecule has 0 aromatic carbocycles. The van der Waals surface area contributed by atoms with Crippen LogP contribution in [0.25, 0.3) is 0 Å². The summed E-state index contributed by atoms with van der Waals surface area (Å²) in [6, 6.07) is 1.73. The van der Waals surface area contributed by atoms with E-state index < -0.39 is 5.54 Å².